The van der Waals surface area contributed by atoms with Crippen molar-refractivity contribution in [3.05, 3.63) is 29.8 Å². The summed E-state index contributed by atoms with van der Waals surface area (Å²) in [5, 5.41) is 2.81. The fourth-order valence-corrected chi connectivity index (χ4v) is 1.40. The van der Waals surface area contributed by atoms with Gasteiger partial charge in [0.2, 0.25) is 0 Å². The summed E-state index contributed by atoms with van der Waals surface area (Å²) in [6.07, 6.45) is 1.24. The molecule has 1 rings (SSSR count). The van der Waals surface area contributed by atoms with Gasteiger partial charge in [-0.25, -0.2) is 4.79 Å². The molecule has 0 atom stereocenters. The lowest BCUT2D eigenvalue weighted by Crippen LogP contribution is -2.24. The molecule has 0 bridgehead atoms. The van der Waals surface area contributed by atoms with Crippen LogP contribution in [0.1, 0.15) is 37.0 Å². The predicted molar refractivity (Wildman–Crippen MR) is 71.3 cm³/mol. The van der Waals surface area contributed by atoms with E-state index in [0.717, 1.165) is 12.8 Å². The van der Waals surface area contributed by atoms with E-state index in [1.807, 2.05) is 0 Å². The third-order valence-corrected chi connectivity index (χ3v) is 2.40. The van der Waals surface area contributed by atoms with Crippen LogP contribution in [0.4, 0.5) is 4.79 Å². The van der Waals surface area contributed by atoms with E-state index in [1.54, 1.807) is 31.2 Å². The summed E-state index contributed by atoms with van der Waals surface area (Å²) in [5.41, 5.74) is 0.535. The number of unbranched alkanes of at least 4 members (excludes halogenated alkanes) is 1. The Labute approximate surface area is 112 Å². The number of rotatable bonds is 6. The van der Waals surface area contributed by atoms with Gasteiger partial charge in [-0.2, -0.15) is 0 Å². The molecule has 5 nitrogen and oxygen atoms in total. The van der Waals surface area contributed by atoms with Gasteiger partial charge < -0.3 is 14.8 Å². The first-order valence-corrected chi connectivity index (χ1v) is 6.40. The molecule has 0 saturated heterocycles. The topological polar surface area (TPSA) is 64.6 Å². The zero-order valence-corrected chi connectivity index (χ0v) is 11.3. The Bertz CT molecular complexity index is 414. The molecule has 104 valence electrons. The van der Waals surface area contributed by atoms with E-state index < -0.39 is 6.16 Å². The van der Waals surface area contributed by atoms with Crippen LogP contribution in [0.3, 0.4) is 0 Å². The highest BCUT2D eigenvalue weighted by molar-refractivity contribution is 5.94. The Morgan fingerprint density at radius 1 is 1.16 bits per heavy atom. The fraction of sp³-hybridized carbons (Fsp3) is 0.429. The standard InChI is InChI=1S/C14H19NO4/c1-3-5-10-15-13(16)11-6-8-12(9-7-11)19-14(17)18-4-2/h6-9H,3-5,10H2,1-2H3,(H,15,16). The number of hydrogen-bond acceptors (Lipinski definition) is 4. The first-order chi connectivity index (χ1) is 9.17. The lowest BCUT2D eigenvalue weighted by Gasteiger charge is -2.06. The average molecular weight is 265 g/mol. The van der Waals surface area contributed by atoms with Gasteiger partial charge in [0.1, 0.15) is 5.75 Å². The van der Waals surface area contributed by atoms with E-state index in [4.69, 9.17) is 4.74 Å². The van der Waals surface area contributed by atoms with Crippen LogP contribution in [0.2, 0.25) is 0 Å². The molecular formula is C14H19NO4. The van der Waals surface area contributed by atoms with Gasteiger partial charge in [-0.1, -0.05) is 13.3 Å². The Hall–Kier alpha value is -2.04. The maximum atomic E-state index is 11.7. The molecule has 0 aliphatic rings. The van der Waals surface area contributed by atoms with Crippen molar-refractivity contribution in [1.82, 2.24) is 5.32 Å². The van der Waals surface area contributed by atoms with Crippen molar-refractivity contribution in [1.29, 1.82) is 0 Å². The Morgan fingerprint density at radius 2 is 1.84 bits per heavy atom. The summed E-state index contributed by atoms with van der Waals surface area (Å²) in [6, 6.07) is 6.34. The molecule has 0 aliphatic carbocycles. The molecule has 1 aromatic rings. The van der Waals surface area contributed by atoms with Crippen LogP contribution in [0.5, 0.6) is 5.75 Å². The lowest BCUT2D eigenvalue weighted by molar-refractivity contribution is 0.0953. The van der Waals surface area contributed by atoms with E-state index in [9.17, 15) is 9.59 Å². The summed E-state index contributed by atoms with van der Waals surface area (Å²) >= 11 is 0. The second-order valence-electron chi connectivity index (χ2n) is 3.92. The molecule has 5 heteroatoms. The molecule has 0 unspecified atom stereocenters. The zero-order chi connectivity index (χ0) is 14.1. The number of amides is 1. The zero-order valence-electron chi connectivity index (χ0n) is 11.3. The summed E-state index contributed by atoms with van der Waals surface area (Å²) in [5.74, 6) is 0.222. The van der Waals surface area contributed by atoms with E-state index >= 15 is 0 Å². The summed E-state index contributed by atoms with van der Waals surface area (Å²) in [4.78, 5) is 22.8. The van der Waals surface area contributed by atoms with Crippen molar-refractivity contribution in [2.45, 2.75) is 26.7 Å². The molecule has 0 aromatic heterocycles. The quantitative estimate of drug-likeness (QED) is 0.488. The number of carbonyl (C=O) groups excluding carboxylic acids is 2. The summed E-state index contributed by atoms with van der Waals surface area (Å²) in [6.45, 7) is 4.69. The van der Waals surface area contributed by atoms with Crippen LogP contribution in [-0.2, 0) is 4.74 Å². The van der Waals surface area contributed by atoms with E-state index in [-0.39, 0.29) is 12.5 Å². The van der Waals surface area contributed by atoms with Crippen molar-refractivity contribution in [2.24, 2.45) is 0 Å². The first-order valence-electron chi connectivity index (χ1n) is 6.40. The van der Waals surface area contributed by atoms with Crippen molar-refractivity contribution in [2.75, 3.05) is 13.2 Å². The molecule has 1 N–H and O–H groups in total. The Balaban J connectivity index is 2.51. The third kappa shape index (κ3) is 5.42. The highest BCUT2D eigenvalue weighted by atomic mass is 16.7. The minimum absolute atomic E-state index is 0.129. The highest BCUT2D eigenvalue weighted by Gasteiger charge is 2.07. The largest absolute Gasteiger partial charge is 0.513 e. The SMILES string of the molecule is CCCCNC(=O)c1ccc(OC(=O)OCC)cc1. The second kappa shape index (κ2) is 8.13. The highest BCUT2D eigenvalue weighted by Crippen LogP contribution is 2.12. The smallest absolute Gasteiger partial charge is 0.434 e. The van der Waals surface area contributed by atoms with Crippen molar-refractivity contribution < 1.29 is 19.1 Å². The van der Waals surface area contributed by atoms with Crippen molar-refractivity contribution >= 4 is 12.1 Å². The number of ether oxygens (including phenoxy) is 2. The van der Waals surface area contributed by atoms with Gasteiger partial charge in [0.05, 0.1) is 6.61 Å². The maximum absolute atomic E-state index is 11.7. The third-order valence-electron chi connectivity index (χ3n) is 2.40. The maximum Gasteiger partial charge on any atom is 0.513 e. The van der Waals surface area contributed by atoms with E-state index in [2.05, 4.69) is 17.0 Å². The van der Waals surface area contributed by atoms with Crippen molar-refractivity contribution in [3.63, 3.8) is 0 Å². The summed E-state index contributed by atoms with van der Waals surface area (Å²) < 4.78 is 9.54. The normalized spacial score (nSPS) is 9.79. The molecule has 19 heavy (non-hydrogen) atoms. The van der Waals surface area contributed by atoms with Crippen molar-refractivity contribution in [3.8, 4) is 5.75 Å². The second-order valence-corrected chi connectivity index (χ2v) is 3.92. The van der Waals surface area contributed by atoms with Crippen LogP contribution < -0.4 is 10.1 Å². The molecule has 1 amide bonds. The molecule has 1 aromatic carbocycles. The van der Waals surface area contributed by atoms with Gasteiger partial charge >= 0.3 is 6.16 Å². The molecule has 0 radical (unpaired) electrons. The molecule has 0 aliphatic heterocycles. The lowest BCUT2D eigenvalue weighted by atomic mass is 10.2. The predicted octanol–water partition coefficient (Wildman–Crippen LogP) is 2.75. The van der Waals surface area contributed by atoms with Crippen LogP contribution in [0.25, 0.3) is 0 Å². The molecule has 0 saturated carbocycles. The van der Waals surface area contributed by atoms with Gasteiger partial charge in [-0.05, 0) is 37.6 Å². The molecule has 0 spiro atoms. The van der Waals surface area contributed by atoms with Gasteiger partial charge in [0.15, 0.2) is 0 Å². The van der Waals surface area contributed by atoms with E-state index in [1.165, 1.54) is 0 Å². The van der Waals surface area contributed by atoms with Crippen LogP contribution >= 0.6 is 0 Å². The number of hydrogen-bond donors (Lipinski definition) is 1. The summed E-state index contributed by atoms with van der Waals surface area (Å²) in [7, 11) is 0. The fourth-order valence-electron chi connectivity index (χ4n) is 1.40. The average Bonchev–Trinajstić information content (AvgIpc) is 2.40. The minimum atomic E-state index is -0.748. The monoisotopic (exact) mass is 265 g/mol. The number of carbonyl (C=O) groups is 2. The van der Waals surface area contributed by atoms with Gasteiger partial charge in [0.25, 0.3) is 5.91 Å². The van der Waals surface area contributed by atoms with Gasteiger partial charge in [-0.15, -0.1) is 0 Å². The molecule has 0 fully saturated rings. The van der Waals surface area contributed by atoms with Crippen LogP contribution in [0, 0.1) is 0 Å². The Morgan fingerprint density at radius 3 is 2.42 bits per heavy atom. The minimum Gasteiger partial charge on any atom is -0.434 e. The van der Waals surface area contributed by atoms with Crippen LogP contribution in [0.15, 0.2) is 24.3 Å². The Kier molecular flexibility index (Phi) is 6.43. The molecule has 0 heterocycles. The number of benzene rings is 1. The van der Waals surface area contributed by atoms with Gasteiger partial charge in [-0.3, -0.25) is 4.79 Å². The van der Waals surface area contributed by atoms with Crippen LogP contribution in [-0.4, -0.2) is 25.2 Å². The van der Waals surface area contributed by atoms with Gasteiger partial charge in [0, 0.05) is 12.1 Å². The first kappa shape index (κ1) is 15.0. The molecular weight excluding hydrogens is 246 g/mol. The van der Waals surface area contributed by atoms with E-state index in [0.29, 0.717) is 17.9 Å². The number of nitrogens with one attached hydrogen (secondary N) is 1.